The smallest absolute Gasteiger partial charge is 0.165 e. The molecule has 0 spiro atoms. The lowest BCUT2D eigenvalue weighted by Gasteiger charge is -1.97. The zero-order valence-electron chi connectivity index (χ0n) is 6.07. The number of benzene rings is 1. The highest BCUT2D eigenvalue weighted by atomic mass is 19.2. The second kappa shape index (κ2) is 2.37. The molecular weight excluding hydrogens is 165 g/mol. The molecule has 1 aliphatic rings. The first-order valence-electron chi connectivity index (χ1n) is 3.52. The van der Waals surface area contributed by atoms with Crippen LogP contribution in [-0.2, 0) is 6.42 Å². The molecule has 0 saturated heterocycles. The molecule has 62 valence electrons. The Morgan fingerprint density at radius 1 is 1.08 bits per heavy atom. The van der Waals surface area contributed by atoms with Gasteiger partial charge in [0.15, 0.2) is 5.83 Å². The Morgan fingerprint density at radius 2 is 1.83 bits per heavy atom. The van der Waals surface area contributed by atoms with Crippen molar-refractivity contribution in [2.75, 3.05) is 0 Å². The van der Waals surface area contributed by atoms with Gasteiger partial charge in [-0.1, -0.05) is 12.1 Å². The predicted molar refractivity (Wildman–Crippen MR) is 39.2 cm³/mol. The number of halogens is 3. The van der Waals surface area contributed by atoms with E-state index in [9.17, 15) is 13.2 Å². The second-order valence-corrected chi connectivity index (χ2v) is 2.67. The average Bonchev–Trinajstić information content (AvgIpc) is 2.29. The molecule has 0 saturated carbocycles. The third-order valence-corrected chi connectivity index (χ3v) is 1.90. The SMILES string of the molecule is FC1=C(F)c2c(F)cccc2C1. The molecule has 0 nitrogen and oxygen atoms in total. The first kappa shape index (κ1) is 7.40. The van der Waals surface area contributed by atoms with Crippen LogP contribution in [0.1, 0.15) is 11.1 Å². The summed E-state index contributed by atoms with van der Waals surface area (Å²) in [6.45, 7) is 0. The summed E-state index contributed by atoms with van der Waals surface area (Å²) in [6.07, 6.45) is -0.126. The zero-order valence-corrected chi connectivity index (χ0v) is 6.07. The largest absolute Gasteiger partial charge is 0.208 e. The van der Waals surface area contributed by atoms with Crippen LogP contribution in [0.25, 0.3) is 5.83 Å². The van der Waals surface area contributed by atoms with Gasteiger partial charge in [0.1, 0.15) is 11.6 Å². The molecule has 0 aromatic heterocycles. The first-order valence-corrected chi connectivity index (χ1v) is 3.52. The molecule has 0 fully saturated rings. The summed E-state index contributed by atoms with van der Waals surface area (Å²) < 4.78 is 38.3. The van der Waals surface area contributed by atoms with Gasteiger partial charge in [0.2, 0.25) is 0 Å². The van der Waals surface area contributed by atoms with E-state index in [2.05, 4.69) is 0 Å². The van der Waals surface area contributed by atoms with Crippen molar-refractivity contribution in [3.8, 4) is 0 Å². The van der Waals surface area contributed by atoms with Crippen LogP contribution < -0.4 is 0 Å². The van der Waals surface area contributed by atoms with Crippen LogP contribution in [0.5, 0.6) is 0 Å². The Labute approximate surface area is 67.3 Å². The molecular formula is C9H5F3. The fourth-order valence-corrected chi connectivity index (χ4v) is 1.34. The first-order chi connectivity index (χ1) is 5.70. The maximum absolute atomic E-state index is 12.9. The van der Waals surface area contributed by atoms with E-state index in [0.717, 1.165) is 6.07 Å². The van der Waals surface area contributed by atoms with Gasteiger partial charge in [-0.15, -0.1) is 0 Å². The Bertz CT molecular complexity index is 366. The summed E-state index contributed by atoms with van der Waals surface area (Å²) in [4.78, 5) is 0. The molecule has 12 heavy (non-hydrogen) atoms. The molecule has 0 N–H and O–H groups in total. The molecule has 2 rings (SSSR count). The van der Waals surface area contributed by atoms with Gasteiger partial charge in [-0.2, -0.15) is 0 Å². The van der Waals surface area contributed by atoms with Gasteiger partial charge in [-0.3, -0.25) is 0 Å². The van der Waals surface area contributed by atoms with Gasteiger partial charge in [-0.25, -0.2) is 13.2 Å². The van der Waals surface area contributed by atoms with Crippen molar-refractivity contribution < 1.29 is 13.2 Å². The summed E-state index contributed by atoms with van der Waals surface area (Å²) in [5.74, 6) is -2.63. The monoisotopic (exact) mass is 170 g/mol. The lowest BCUT2D eigenvalue weighted by molar-refractivity contribution is 0.590. The number of rotatable bonds is 0. The maximum Gasteiger partial charge on any atom is 0.165 e. The fraction of sp³-hybridized carbons (Fsp3) is 0.111. The van der Waals surface area contributed by atoms with Gasteiger partial charge in [0, 0.05) is 6.42 Å². The molecule has 0 atom stereocenters. The van der Waals surface area contributed by atoms with E-state index < -0.39 is 17.5 Å². The lowest BCUT2D eigenvalue weighted by atomic mass is 10.1. The Balaban J connectivity index is 2.67. The van der Waals surface area contributed by atoms with Gasteiger partial charge < -0.3 is 0 Å². The van der Waals surface area contributed by atoms with E-state index in [1.54, 1.807) is 0 Å². The van der Waals surface area contributed by atoms with Crippen molar-refractivity contribution in [2.24, 2.45) is 0 Å². The van der Waals surface area contributed by atoms with E-state index in [1.165, 1.54) is 12.1 Å². The zero-order chi connectivity index (χ0) is 8.72. The molecule has 0 aliphatic heterocycles. The van der Waals surface area contributed by atoms with E-state index >= 15 is 0 Å². The number of allylic oxidation sites excluding steroid dienone is 1. The number of hydrogen-bond acceptors (Lipinski definition) is 0. The molecule has 3 heteroatoms. The van der Waals surface area contributed by atoms with Crippen molar-refractivity contribution in [3.63, 3.8) is 0 Å². The number of fused-ring (bicyclic) bond motifs is 1. The van der Waals surface area contributed by atoms with Crippen LogP contribution >= 0.6 is 0 Å². The standard InChI is InChI=1S/C9H5F3/c10-6-3-1-2-5-4-7(11)9(12)8(5)6/h1-3H,4H2. The highest BCUT2D eigenvalue weighted by Gasteiger charge is 2.24. The Hall–Kier alpha value is -1.25. The van der Waals surface area contributed by atoms with Gasteiger partial charge in [0.05, 0.1) is 5.56 Å². The lowest BCUT2D eigenvalue weighted by Crippen LogP contribution is -1.86. The third kappa shape index (κ3) is 0.858. The molecule has 0 radical (unpaired) electrons. The third-order valence-electron chi connectivity index (χ3n) is 1.90. The molecule has 1 aromatic carbocycles. The Morgan fingerprint density at radius 3 is 2.50 bits per heavy atom. The van der Waals surface area contributed by atoms with Crippen molar-refractivity contribution in [3.05, 3.63) is 41.0 Å². The normalized spacial score (nSPS) is 15.2. The van der Waals surface area contributed by atoms with Crippen molar-refractivity contribution >= 4 is 5.83 Å². The summed E-state index contributed by atoms with van der Waals surface area (Å²) >= 11 is 0. The second-order valence-electron chi connectivity index (χ2n) is 2.67. The summed E-state index contributed by atoms with van der Waals surface area (Å²) in [6, 6.07) is 4.08. The van der Waals surface area contributed by atoms with Crippen LogP contribution in [0.2, 0.25) is 0 Å². The predicted octanol–water partition coefficient (Wildman–Crippen LogP) is 2.99. The van der Waals surface area contributed by atoms with Crippen LogP contribution in [0.4, 0.5) is 13.2 Å². The van der Waals surface area contributed by atoms with Gasteiger partial charge in [-0.05, 0) is 11.6 Å². The van der Waals surface area contributed by atoms with Crippen LogP contribution in [0.3, 0.4) is 0 Å². The van der Waals surface area contributed by atoms with Gasteiger partial charge >= 0.3 is 0 Å². The van der Waals surface area contributed by atoms with E-state index in [0.29, 0.717) is 5.56 Å². The van der Waals surface area contributed by atoms with E-state index in [1.807, 2.05) is 0 Å². The fourth-order valence-electron chi connectivity index (χ4n) is 1.34. The van der Waals surface area contributed by atoms with Gasteiger partial charge in [0.25, 0.3) is 0 Å². The highest BCUT2D eigenvalue weighted by molar-refractivity contribution is 5.70. The summed E-state index contributed by atoms with van der Waals surface area (Å²) in [5, 5.41) is 0. The summed E-state index contributed by atoms with van der Waals surface area (Å²) in [7, 11) is 0. The molecule has 0 amide bonds. The van der Waals surface area contributed by atoms with E-state index in [-0.39, 0.29) is 12.0 Å². The van der Waals surface area contributed by atoms with Crippen LogP contribution in [-0.4, -0.2) is 0 Å². The van der Waals surface area contributed by atoms with Crippen LogP contribution in [0.15, 0.2) is 24.0 Å². The number of hydrogen-bond donors (Lipinski definition) is 0. The Kier molecular flexibility index (Phi) is 1.46. The maximum atomic E-state index is 12.9. The summed E-state index contributed by atoms with van der Waals surface area (Å²) in [5.41, 5.74) is 0.167. The van der Waals surface area contributed by atoms with Crippen molar-refractivity contribution in [1.29, 1.82) is 0 Å². The minimum Gasteiger partial charge on any atom is -0.208 e. The quantitative estimate of drug-likeness (QED) is 0.561. The van der Waals surface area contributed by atoms with E-state index in [4.69, 9.17) is 0 Å². The molecule has 0 heterocycles. The topological polar surface area (TPSA) is 0 Å². The minimum absolute atomic E-state index is 0.126. The van der Waals surface area contributed by atoms with Crippen LogP contribution in [0, 0.1) is 5.82 Å². The minimum atomic E-state index is -1.05. The molecule has 0 unspecified atom stereocenters. The van der Waals surface area contributed by atoms with Crippen molar-refractivity contribution in [1.82, 2.24) is 0 Å². The average molecular weight is 170 g/mol. The van der Waals surface area contributed by atoms with Crippen molar-refractivity contribution in [2.45, 2.75) is 6.42 Å². The molecule has 0 bridgehead atoms. The molecule has 1 aliphatic carbocycles. The molecule has 1 aromatic rings. The highest BCUT2D eigenvalue weighted by Crippen LogP contribution is 2.35.